The summed E-state index contributed by atoms with van der Waals surface area (Å²) in [5.74, 6) is -0.0929. The summed E-state index contributed by atoms with van der Waals surface area (Å²) in [6, 6.07) is 16.9. The summed E-state index contributed by atoms with van der Waals surface area (Å²) >= 11 is 0. The Morgan fingerprint density at radius 2 is 1.60 bits per heavy atom. The third kappa shape index (κ3) is 5.60. The summed E-state index contributed by atoms with van der Waals surface area (Å²) in [4.78, 5) is 14.0. The van der Waals surface area contributed by atoms with Gasteiger partial charge in [-0.3, -0.25) is 9.10 Å². The summed E-state index contributed by atoms with van der Waals surface area (Å²) in [5.41, 5.74) is 2.67. The minimum Gasteiger partial charge on any atom is -0.341 e. The van der Waals surface area contributed by atoms with Crippen molar-refractivity contribution in [1.29, 1.82) is 0 Å². The quantitative estimate of drug-likeness (QED) is 0.763. The van der Waals surface area contributed by atoms with Crippen LogP contribution in [-0.4, -0.2) is 39.1 Å². The maximum atomic E-state index is 12.4. The first-order chi connectivity index (χ1) is 11.8. The molecule has 0 atom stereocenters. The van der Waals surface area contributed by atoms with Gasteiger partial charge < -0.3 is 4.90 Å². The van der Waals surface area contributed by atoms with Crippen LogP contribution < -0.4 is 4.31 Å². The van der Waals surface area contributed by atoms with Crippen molar-refractivity contribution in [2.45, 2.75) is 19.9 Å². The molecule has 2 aromatic rings. The normalized spacial score (nSPS) is 11.2. The van der Waals surface area contributed by atoms with Gasteiger partial charge in [0.1, 0.15) is 0 Å². The molecule has 0 aromatic heterocycles. The Hall–Kier alpha value is -2.34. The second-order valence-electron chi connectivity index (χ2n) is 6.16. The van der Waals surface area contributed by atoms with Crippen LogP contribution in [0.25, 0.3) is 0 Å². The van der Waals surface area contributed by atoms with E-state index in [0.29, 0.717) is 12.2 Å². The van der Waals surface area contributed by atoms with Gasteiger partial charge in [-0.2, -0.15) is 0 Å². The molecule has 0 spiro atoms. The number of rotatable bonds is 7. The number of sulfonamides is 1. The Labute approximate surface area is 149 Å². The van der Waals surface area contributed by atoms with Crippen molar-refractivity contribution >= 4 is 21.6 Å². The molecule has 0 radical (unpaired) electrons. The molecule has 2 aromatic carbocycles. The molecule has 0 aliphatic carbocycles. The standard InChI is InChI=1S/C19H24N2O3S/c1-16-9-11-18(12-10-16)21(25(3,23)24)14-13-19(22)20(2)15-17-7-5-4-6-8-17/h4-12H,13-15H2,1-3H3. The molecule has 0 bridgehead atoms. The van der Waals surface area contributed by atoms with Gasteiger partial charge >= 0.3 is 0 Å². The van der Waals surface area contributed by atoms with Crippen LogP contribution in [0.5, 0.6) is 0 Å². The third-order valence-corrected chi connectivity index (χ3v) is 5.13. The van der Waals surface area contributed by atoms with E-state index >= 15 is 0 Å². The molecule has 134 valence electrons. The summed E-state index contributed by atoms with van der Waals surface area (Å²) < 4.78 is 25.5. The third-order valence-electron chi connectivity index (χ3n) is 3.94. The average molecular weight is 360 g/mol. The Morgan fingerprint density at radius 1 is 1.00 bits per heavy atom. The number of benzene rings is 2. The van der Waals surface area contributed by atoms with Crippen LogP contribution >= 0.6 is 0 Å². The number of carbonyl (C=O) groups is 1. The predicted octanol–water partition coefficient (Wildman–Crippen LogP) is 2.81. The molecule has 25 heavy (non-hydrogen) atoms. The molecular weight excluding hydrogens is 336 g/mol. The molecule has 0 heterocycles. The number of nitrogens with zero attached hydrogens (tertiary/aromatic N) is 2. The van der Waals surface area contributed by atoms with Crippen molar-refractivity contribution in [2.75, 3.05) is 24.2 Å². The molecule has 0 N–H and O–H groups in total. The molecule has 6 heteroatoms. The fourth-order valence-electron chi connectivity index (χ4n) is 2.53. The maximum absolute atomic E-state index is 12.4. The predicted molar refractivity (Wildman–Crippen MR) is 101 cm³/mol. The smallest absolute Gasteiger partial charge is 0.232 e. The number of anilines is 1. The van der Waals surface area contributed by atoms with Crippen LogP contribution in [0.1, 0.15) is 17.5 Å². The van der Waals surface area contributed by atoms with E-state index in [4.69, 9.17) is 0 Å². The molecule has 1 amide bonds. The SMILES string of the molecule is Cc1ccc(N(CCC(=O)N(C)Cc2ccccc2)S(C)(=O)=O)cc1. The zero-order chi connectivity index (χ0) is 18.4. The maximum Gasteiger partial charge on any atom is 0.232 e. The highest BCUT2D eigenvalue weighted by atomic mass is 32.2. The number of carbonyl (C=O) groups excluding carboxylic acids is 1. The van der Waals surface area contributed by atoms with Gasteiger partial charge in [-0.15, -0.1) is 0 Å². The second-order valence-corrected chi connectivity index (χ2v) is 8.06. The lowest BCUT2D eigenvalue weighted by molar-refractivity contribution is -0.130. The Balaban J connectivity index is 2.02. The molecule has 0 unspecified atom stereocenters. The largest absolute Gasteiger partial charge is 0.341 e. The molecule has 0 saturated heterocycles. The monoisotopic (exact) mass is 360 g/mol. The van der Waals surface area contributed by atoms with Crippen LogP contribution in [0.4, 0.5) is 5.69 Å². The van der Waals surface area contributed by atoms with Gasteiger partial charge in [0, 0.05) is 26.6 Å². The van der Waals surface area contributed by atoms with E-state index in [1.165, 1.54) is 4.31 Å². The molecule has 0 aliphatic rings. The molecule has 0 fully saturated rings. The van der Waals surface area contributed by atoms with Gasteiger partial charge in [0.25, 0.3) is 0 Å². The first-order valence-electron chi connectivity index (χ1n) is 8.09. The average Bonchev–Trinajstić information content (AvgIpc) is 2.56. The van der Waals surface area contributed by atoms with E-state index in [1.54, 1.807) is 24.1 Å². The van der Waals surface area contributed by atoms with Crippen LogP contribution in [0.3, 0.4) is 0 Å². The van der Waals surface area contributed by atoms with Crippen LogP contribution in [0, 0.1) is 6.92 Å². The van der Waals surface area contributed by atoms with Crippen molar-refractivity contribution in [3.05, 3.63) is 65.7 Å². The molecule has 2 rings (SSSR count). The van der Waals surface area contributed by atoms with Gasteiger partial charge in [0.15, 0.2) is 0 Å². The second kappa shape index (κ2) is 8.16. The van der Waals surface area contributed by atoms with E-state index in [-0.39, 0.29) is 18.9 Å². The van der Waals surface area contributed by atoms with Gasteiger partial charge in [-0.25, -0.2) is 8.42 Å². The zero-order valence-electron chi connectivity index (χ0n) is 14.8. The fourth-order valence-corrected chi connectivity index (χ4v) is 3.46. The van der Waals surface area contributed by atoms with Crippen molar-refractivity contribution < 1.29 is 13.2 Å². The first-order valence-corrected chi connectivity index (χ1v) is 9.94. The van der Waals surface area contributed by atoms with Gasteiger partial charge in [0.2, 0.25) is 15.9 Å². The molecule has 0 saturated carbocycles. The fraction of sp³-hybridized carbons (Fsp3) is 0.316. The topological polar surface area (TPSA) is 57.7 Å². The molecular formula is C19H24N2O3S. The van der Waals surface area contributed by atoms with Crippen molar-refractivity contribution in [3.63, 3.8) is 0 Å². The van der Waals surface area contributed by atoms with Gasteiger partial charge in [-0.1, -0.05) is 48.0 Å². The van der Waals surface area contributed by atoms with Crippen LogP contribution in [-0.2, 0) is 21.4 Å². The zero-order valence-corrected chi connectivity index (χ0v) is 15.7. The lowest BCUT2D eigenvalue weighted by Crippen LogP contribution is -2.35. The highest BCUT2D eigenvalue weighted by molar-refractivity contribution is 7.92. The highest BCUT2D eigenvalue weighted by Gasteiger charge is 2.19. The van der Waals surface area contributed by atoms with Gasteiger partial charge in [0.05, 0.1) is 11.9 Å². The lowest BCUT2D eigenvalue weighted by atomic mass is 10.2. The minimum absolute atomic E-state index is 0.0929. The van der Waals surface area contributed by atoms with E-state index < -0.39 is 10.0 Å². The lowest BCUT2D eigenvalue weighted by Gasteiger charge is -2.24. The van der Waals surface area contributed by atoms with E-state index in [2.05, 4.69) is 0 Å². The Kier molecular flexibility index (Phi) is 6.20. The number of hydrogen-bond donors (Lipinski definition) is 0. The van der Waals surface area contributed by atoms with E-state index in [1.807, 2.05) is 49.4 Å². The first kappa shape index (κ1) is 19.0. The number of hydrogen-bond acceptors (Lipinski definition) is 3. The van der Waals surface area contributed by atoms with Gasteiger partial charge in [-0.05, 0) is 24.6 Å². The summed E-state index contributed by atoms with van der Waals surface area (Å²) in [6.07, 6.45) is 1.29. The van der Waals surface area contributed by atoms with Crippen LogP contribution in [0.2, 0.25) is 0 Å². The van der Waals surface area contributed by atoms with E-state index in [9.17, 15) is 13.2 Å². The van der Waals surface area contributed by atoms with Crippen molar-refractivity contribution in [2.24, 2.45) is 0 Å². The van der Waals surface area contributed by atoms with Crippen molar-refractivity contribution in [3.8, 4) is 0 Å². The Bertz CT molecular complexity index is 802. The Morgan fingerprint density at radius 3 is 2.16 bits per heavy atom. The summed E-state index contributed by atoms with van der Waals surface area (Å²) in [7, 11) is -1.72. The molecule has 5 nitrogen and oxygen atoms in total. The van der Waals surface area contributed by atoms with Crippen molar-refractivity contribution in [1.82, 2.24) is 4.90 Å². The number of aryl methyl sites for hydroxylation is 1. The molecule has 0 aliphatic heterocycles. The minimum atomic E-state index is -3.45. The summed E-state index contributed by atoms with van der Waals surface area (Å²) in [5, 5.41) is 0. The highest BCUT2D eigenvalue weighted by Crippen LogP contribution is 2.19. The van der Waals surface area contributed by atoms with Crippen LogP contribution in [0.15, 0.2) is 54.6 Å². The number of amides is 1. The summed E-state index contributed by atoms with van der Waals surface area (Å²) in [6.45, 7) is 2.57. The van der Waals surface area contributed by atoms with E-state index in [0.717, 1.165) is 17.4 Å².